The van der Waals surface area contributed by atoms with Crippen LogP contribution in [0.4, 0.5) is 0 Å². The van der Waals surface area contributed by atoms with Gasteiger partial charge in [-0.05, 0) is 21.0 Å². The molecule has 0 spiro atoms. The molecule has 1 amide bonds. The normalized spacial score (nSPS) is 15.3. The third-order valence-electron chi connectivity index (χ3n) is 1.69. The number of hydrogen-bond donors (Lipinski definition) is 3. The molecule has 0 aromatic rings. The summed E-state index contributed by atoms with van der Waals surface area (Å²) in [6, 6.07) is 0. The van der Waals surface area contributed by atoms with Crippen molar-refractivity contribution in [2.45, 2.75) is 18.9 Å². The molecule has 0 aromatic carbocycles. The van der Waals surface area contributed by atoms with Gasteiger partial charge in [0.25, 0.3) is 0 Å². The second-order valence-electron chi connectivity index (χ2n) is 4.05. The van der Waals surface area contributed by atoms with Gasteiger partial charge in [-0.25, -0.2) is 0 Å². The molecule has 0 bridgehead atoms. The molecular weight excluding hydrogens is 182 g/mol. The summed E-state index contributed by atoms with van der Waals surface area (Å²) in [6.45, 7) is 2.79. The van der Waals surface area contributed by atoms with Crippen LogP contribution in [0.3, 0.4) is 0 Å². The minimum Gasteiger partial charge on any atom is -0.387 e. The molecule has 0 aliphatic rings. The summed E-state index contributed by atoms with van der Waals surface area (Å²) in [4.78, 5) is 12.9. The number of hydrogen-bond acceptors (Lipinski definition) is 4. The number of nitrogens with two attached hydrogens (primary N) is 1. The van der Waals surface area contributed by atoms with Crippen molar-refractivity contribution in [2.75, 3.05) is 33.7 Å². The lowest BCUT2D eigenvalue weighted by Crippen LogP contribution is -2.47. The lowest BCUT2D eigenvalue weighted by atomic mass is 10.1. The van der Waals surface area contributed by atoms with Gasteiger partial charge in [-0.2, -0.15) is 0 Å². The lowest BCUT2D eigenvalue weighted by Gasteiger charge is -2.27. The molecule has 0 rings (SSSR count). The van der Waals surface area contributed by atoms with Crippen molar-refractivity contribution >= 4 is 5.91 Å². The van der Waals surface area contributed by atoms with Gasteiger partial charge in [0.15, 0.2) is 0 Å². The molecule has 0 fully saturated rings. The number of nitrogens with zero attached hydrogens (tertiary/aromatic N) is 1. The lowest BCUT2D eigenvalue weighted by molar-refractivity contribution is -0.122. The number of nitrogens with one attached hydrogen (secondary N) is 1. The zero-order valence-electron chi connectivity index (χ0n) is 9.21. The number of carbonyl (C=O) groups excluding carboxylic acids is 1. The van der Waals surface area contributed by atoms with E-state index in [9.17, 15) is 9.90 Å². The molecule has 84 valence electrons. The molecule has 0 aromatic heterocycles. The van der Waals surface area contributed by atoms with Gasteiger partial charge in [-0.15, -0.1) is 0 Å². The topological polar surface area (TPSA) is 78.6 Å². The third-order valence-corrected chi connectivity index (χ3v) is 1.69. The first-order chi connectivity index (χ1) is 6.37. The van der Waals surface area contributed by atoms with Crippen LogP contribution in [0.2, 0.25) is 0 Å². The number of carbonyl (C=O) groups is 1. The van der Waals surface area contributed by atoms with E-state index in [1.54, 1.807) is 6.92 Å². The van der Waals surface area contributed by atoms with Gasteiger partial charge in [0, 0.05) is 26.1 Å². The van der Waals surface area contributed by atoms with E-state index < -0.39 is 5.60 Å². The molecule has 0 heterocycles. The first-order valence-electron chi connectivity index (χ1n) is 4.71. The van der Waals surface area contributed by atoms with Gasteiger partial charge in [-0.1, -0.05) is 0 Å². The molecule has 0 saturated heterocycles. The maximum atomic E-state index is 11.1. The summed E-state index contributed by atoms with van der Waals surface area (Å²) in [5.74, 6) is -0.119. The second-order valence-corrected chi connectivity index (χ2v) is 4.05. The van der Waals surface area contributed by atoms with E-state index in [1.165, 1.54) is 0 Å². The number of aliphatic hydroxyl groups is 1. The summed E-state index contributed by atoms with van der Waals surface area (Å²) in [6.07, 6.45) is 0.304. The second kappa shape index (κ2) is 5.95. The van der Waals surface area contributed by atoms with Crippen LogP contribution in [-0.2, 0) is 4.79 Å². The number of amides is 1. The van der Waals surface area contributed by atoms with Crippen LogP contribution >= 0.6 is 0 Å². The molecule has 5 heteroatoms. The predicted octanol–water partition coefficient (Wildman–Crippen LogP) is -1.24. The molecular formula is C9H21N3O2. The highest BCUT2D eigenvalue weighted by Crippen LogP contribution is 2.02. The van der Waals surface area contributed by atoms with E-state index in [2.05, 4.69) is 5.32 Å². The molecule has 5 nitrogen and oxygen atoms in total. The summed E-state index contributed by atoms with van der Waals surface area (Å²) >= 11 is 0. The third kappa shape index (κ3) is 6.82. The van der Waals surface area contributed by atoms with Crippen molar-refractivity contribution in [1.29, 1.82) is 0 Å². The van der Waals surface area contributed by atoms with Crippen molar-refractivity contribution in [2.24, 2.45) is 5.73 Å². The van der Waals surface area contributed by atoms with Crippen molar-refractivity contribution in [3.05, 3.63) is 0 Å². The largest absolute Gasteiger partial charge is 0.387 e. The van der Waals surface area contributed by atoms with Crippen molar-refractivity contribution in [1.82, 2.24) is 10.2 Å². The van der Waals surface area contributed by atoms with Crippen LogP contribution in [-0.4, -0.2) is 55.2 Å². The van der Waals surface area contributed by atoms with Gasteiger partial charge in [0.1, 0.15) is 0 Å². The minimum absolute atomic E-state index is 0.119. The Morgan fingerprint density at radius 1 is 1.57 bits per heavy atom. The van der Waals surface area contributed by atoms with Crippen molar-refractivity contribution in [3.63, 3.8) is 0 Å². The highest BCUT2D eigenvalue weighted by atomic mass is 16.3. The predicted molar refractivity (Wildman–Crippen MR) is 55.9 cm³/mol. The first-order valence-corrected chi connectivity index (χ1v) is 4.71. The Balaban J connectivity index is 3.80. The van der Waals surface area contributed by atoms with Gasteiger partial charge in [0.05, 0.1) is 5.60 Å². The monoisotopic (exact) mass is 203 g/mol. The summed E-state index contributed by atoms with van der Waals surface area (Å²) in [5, 5.41) is 12.4. The Hall–Kier alpha value is -0.650. The number of likely N-dealkylation sites (N-methyl/N-ethyl adjacent to an activating group) is 1. The highest BCUT2D eigenvalue weighted by molar-refractivity contribution is 5.76. The van der Waals surface area contributed by atoms with E-state index in [1.807, 2.05) is 19.0 Å². The summed E-state index contributed by atoms with van der Waals surface area (Å²) < 4.78 is 0. The first kappa shape index (κ1) is 13.4. The Labute approximate surface area is 85.3 Å². The van der Waals surface area contributed by atoms with Crippen LogP contribution in [0.15, 0.2) is 0 Å². The molecule has 1 atom stereocenters. The Morgan fingerprint density at radius 3 is 2.57 bits per heavy atom. The molecule has 4 N–H and O–H groups in total. The quantitative estimate of drug-likeness (QED) is 0.505. The average Bonchev–Trinajstić information content (AvgIpc) is 1.99. The van der Waals surface area contributed by atoms with Crippen molar-refractivity contribution in [3.8, 4) is 0 Å². The molecule has 14 heavy (non-hydrogen) atoms. The maximum absolute atomic E-state index is 11.1. The fourth-order valence-corrected chi connectivity index (χ4v) is 1.25. The minimum atomic E-state index is -0.895. The maximum Gasteiger partial charge on any atom is 0.221 e. The van der Waals surface area contributed by atoms with E-state index in [0.29, 0.717) is 19.5 Å². The zero-order chi connectivity index (χ0) is 11.2. The molecule has 1 unspecified atom stereocenters. The fourth-order valence-electron chi connectivity index (χ4n) is 1.25. The van der Waals surface area contributed by atoms with Gasteiger partial charge in [0.2, 0.25) is 5.91 Å². The SMILES string of the molecule is CN(C)CC(C)(O)CNC(=O)CCN. The van der Waals surface area contributed by atoms with Crippen LogP contribution < -0.4 is 11.1 Å². The van der Waals surface area contributed by atoms with Crippen LogP contribution in [0.1, 0.15) is 13.3 Å². The van der Waals surface area contributed by atoms with Crippen LogP contribution in [0.5, 0.6) is 0 Å². The van der Waals surface area contributed by atoms with Crippen molar-refractivity contribution < 1.29 is 9.90 Å². The van der Waals surface area contributed by atoms with E-state index in [4.69, 9.17) is 5.73 Å². The number of rotatable bonds is 6. The highest BCUT2D eigenvalue weighted by Gasteiger charge is 2.21. The van der Waals surface area contributed by atoms with Gasteiger partial charge >= 0.3 is 0 Å². The van der Waals surface area contributed by atoms with E-state index >= 15 is 0 Å². The molecule has 0 aliphatic heterocycles. The molecule has 0 aliphatic carbocycles. The summed E-state index contributed by atoms with van der Waals surface area (Å²) in [7, 11) is 3.74. The molecule has 0 radical (unpaired) electrons. The summed E-state index contributed by atoms with van der Waals surface area (Å²) in [5.41, 5.74) is 4.32. The Kier molecular flexibility index (Phi) is 5.68. The Morgan fingerprint density at radius 2 is 2.14 bits per heavy atom. The van der Waals surface area contributed by atoms with E-state index in [-0.39, 0.29) is 12.5 Å². The van der Waals surface area contributed by atoms with E-state index in [0.717, 1.165) is 0 Å². The van der Waals surface area contributed by atoms with Gasteiger partial charge < -0.3 is 21.1 Å². The zero-order valence-corrected chi connectivity index (χ0v) is 9.21. The van der Waals surface area contributed by atoms with Gasteiger partial charge in [-0.3, -0.25) is 4.79 Å². The molecule has 0 saturated carbocycles. The smallest absolute Gasteiger partial charge is 0.221 e. The Bertz CT molecular complexity index is 181. The standard InChI is InChI=1S/C9H21N3O2/c1-9(14,7-12(2)3)6-11-8(13)4-5-10/h14H,4-7,10H2,1-3H3,(H,11,13). The fraction of sp³-hybridized carbons (Fsp3) is 0.889. The van der Waals surface area contributed by atoms with Crippen LogP contribution in [0.25, 0.3) is 0 Å². The average molecular weight is 203 g/mol. The van der Waals surface area contributed by atoms with Crippen LogP contribution in [0, 0.1) is 0 Å².